The van der Waals surface area contributed by atoms with Crippen LogP contribution in [-0.2, 0) is 6.54 Å². The second-order valence-corrected chi connectivity index (χ2v) is 6.48. The van der Waals surface area contributed by atoms with Crippen molar-refractivity contribution in [2.75, 3.05) is 18.0 Å². The number of hydrogen-bond acceptors (Lipinski definition) is 4. The zero-order chi connectivity index (χ0) is 15.4. The first-order chi connectivity index (χ1) is 10.7. The zero-order valence-electron chi connectivity index (χ0n) is 12.1. The molecular weight excluding hydrogens is 391 g/mol. The van der Waals surface area contributed by atoms with Crippen molar-refractivity contribution < 1.29 is 4.79 Å². The minimum absolute atomic E-state index is 0.0854. The molecule has 1 aliphatic heterocycles. The average Bonchev–Trinajstić information content (AvgIpc) is 3.08. The molecule has 0 unspecified atom stereocenters. The third kappa shape index (κ3) is 3.73. The van der Waals surface area contributed by atoms with Crippen LogP contribution in [0.1, 0.15) is 28.9 Å². The number of carbonyl (C=O) groups is 1. The van der Waals surface area contributed by atoms with E-state index in [-0.39, 0.29) is 5.91 Å². The zero-order valence-corrected chi connectivity index (χ0v) is 14.3. The summed E-state index contributed by atoms with van der Waals surface area (Å²) in [7, 11) is 0. The number of nitrogens with zero attached hydrogens (tertiary/aromatic N) is 3. The molecule has 1 aromatic heterocycles. The number of benzene rings is 1. The Bertz CT molecular complexity index is 653. The first-order valence-corrected chi connectivity index (χ1v) is 8.41. The number of anilines is 1. The van der Waals surface area contributed by atoms with Crippen molar-refractivity contribution in [3.63, 3.8) is 0 Å². The van der Waals surface area contributed by atoms with Crippen molar-refractivity contribution in [1.82, 2.24) is 15.3 Å². The molecule has 6 heteroatoms. The third-order valence-corrected chi connectivity index (χ3v) is 4.35. The van der Waals surface area contributed by atoms with E-state index in [0.717, 1.165) is 28.3 Å². The van der Waals surface area contributed by atoms with Gasteiger partial charge < -0.3 is 10.2 Å². The molecule has 2 aromatic rings. The molecule has 0 saturated carbocycles. The first-order valence-electron chi connectivity index (χ1n) is 7.33. The maximum absolute atomic E-state index is 12.1. The van der Waals surface area contributed by atoms with Gasteiger partial charge in [-0.1, -0.05) is 0 Å². The molecular formula is C16H17IN4O. The fourth-order valence-corrected chi connectivity index (χ4v) is 2.79. The molecule has 0 aliphatic carbocycles. The Morgan fingerprint density at radius 1 is 1.18 bits per heavy atom. The fraction of sp³-hybridized carbons (Fsp3) is 0.312. The van der Waals surface area contributed by atoms with Crippen LogP contribution in [0.4, 0.5) is 5.95 Å². The summed E-state index contributed by atoms with van der Waals surface area (Å²) in [6, 6.07) is 9.34. The van der Waals surface area contributed by atoms with Gasteiger partial charge in [0.1, 0.15) is 0 Å². The largest absolute Gasteiger partial charge is 0.346 e. The number of nitrogens with one attached hydrogen (secondary N) is 1. The van der Waals surface area contributed by atoms with Gasteiger partial charge in [-0.05, 0) is 65.8 Å². The Morgan fingerprint density at radius 2 is 1.91 bits per heavy atom. The Kier molecular flexibility index (Phi) is 4.87. The molecule has 0 atom stereocenters. The summed E-state index contributed by atoms with van der Waals surface area (Å²) in [6.07, 6.45) is 4.14. The molecule has 1 saturated heterocycles. The fourth-order valence-electron chi connectivity index (χ4n) is 2.43. The van der Waals surface area contributed by atoms with E-state index >= 15 is 0 Å². The van der Waals surface area contributed by atoms with E-state index in [0.29, 0.717) is 12.1 Å². The summed E-state index contributed by atoms with van der Waals surface area (Å²) in [5, 5.41) is 2.90. The van der Waals surface area contributed by atoms with Gasteiger partial charge in [0.2, 0.25) is 5.95 Å². The van der Waals surface area contributed by atoms with Gasteiger partial charge in [0.25, 0.3) is 5.91 Å². The van der Waals surface area contributed by atoms with Crippen molar-refractivity contribution in [2.45, 2.75) is 19.4 Å². The minimum atomic E-state index is -0.0854. The maximum Gasteiger partial charge on any atom is 0.251 e. The van der Waals surface area contributed by atoms with Crippen molar-refractivity contribution >= 4 is 34.4 Å². The van der Waals surface area contributed by atoms with Crippen LogP contribution in [-0.4, -0.2) is 29.0 Å². The molecule has 0 bridgehead atoms. The molecule has 5 nitrogen and oxygen atoms in total. The monoisotopic (exact) mass is 408 g/mol. The lowest BCUT2D eigenvalue weighted by molar-refractivity contribution is 0.0950. The van der Waals surface area contributed by atoms with Crippen LogP contribution in [0.15, 0.2) is 36.5 Å². The van der Waals surface area contributed by atoms with Gasteiger partial charge in [0, 0.05) is 28.4 Å². The van der Waals surface area contributed by atoms with Crippen LogP contribution < -0.4 is 10.2 Å². The Balaban J connectivity index is 1.62. The second kappa shape index (κ2) is 7.04. The van der Waals surface area contributed by atoms with Crippen molar-refractivity contribution in [1.29, 1.82) is 0 Å². The Hall–Kier alpha value is -1.70. The first kappa shape index (κ1) is 15.2. The topological polar surface area (TPSA) is 58.1 Å². The maximum atomic E-state index is 12.1. The summed E-state index contributed by atoms with van der Waals surface area (Å²) < 4.78 is 1.11. The quantitative estimate of drug-likeness (QED) is 0.791. The predicted molar refractivity (Wildman–Crippen MR) is 93.8 cm³/mol. The summed E-state index contributed by atoms with van der Waals surface area (Å²) in [5.74, 6) is 0.677. The molecule has 114 valence electrons. The van der Waals surface area contributed by atoms with Crippen molar-refractivity contribution in [3.8, 4) is 0 Å². The highest BCUT2D eigenvalue weighted by Gasteiger charge is 2.15. The number of halogens is 1. The molecule has 1 amide bonds. The van der Waals surface area contributed by atoms with E-state index < -0.39 is 0 Å². The molecule has 1 aromatic carbocycles. The van der Waals surface area contributed by atoms with Crippen LogP contribution in [0.3, 0.4) is 0 Å². The minimum Gasteiger partial charge on any atom is -0.346 e. The van der Waals surface area contributed by atoms with Crippen molar-refractivity contribution in [3.05, 3.63) is 51.4 Å². The van der Waals surface area contributed by atoms with Crippen LogP contribution in [0.2, 0.25) is 0 Å². The number of carbonyl (C=O) groups excluding carboxylic acids is 1. The number of hydrogen-bond donors (Lipinski definition) is 1. The highest BCUT2D eigenvalue weighted by molar-refractivity contribution is 14.1. The molecule has 22 heavy (non-hydrogen) atoms. The van der Waals surface area contributed by atoms with E-state index in [1.54, 1.807) is 6.20 Å². The molecule has 2 heterocycles. The standard InChI is InChI=1S/C16H17IN4O/c17-13-5-3-12(4-6-13)15(22)19-11-14-7-8-18-16(20-14)21-9-1-2-10-21/h3-8H,1-2,9-11H2,(H,19,22). The summed E-state index contributed by atoms with van der Waals surface area (Å²) in [5.41, 5.74) is 1.49. The van der Waals surface area contributed by atoms with Crippen LogP contribution in [0.25, 0.3) is 0 Å². The average molecular weight is 408 g/mol. The molecule has 3 rings (SSSR count). The lowest BCUT2D eigenvalue weighted by atomic mass is 10.2. The van der Waals surface area contributed by atoms with Gasteiger partial charge in [0.05, 0.1) is 12.2 Å². The molecule has 1 aliphatic rings. The number of aromatic nitrogens is 2. The Morgan fingerprint density at radius 3 is 2.64 bits per heavy atom. The van der Waals surface area contributed by atoms with E-state index in [1.165, 1.54) is 12.8 Å². The predicted octanol–water partition coefficient (Wildman–Crippen LogP) is 2.61. The SMILES string of the molecule is O=C(NCc1ccnc(N2CCCC2)n1)c1ccc(I)cc1. The van der Waals surface area contributed by atoms with Crippen molar-refractivity contribution in [2.24, 2.45) is 0 Å². The van der Waals surface area contributed by atoms with E-state index in [4.69, 9.17) is 0 Å². The van der Waals surface area contributed by atoms with E-state index in [9.17, 15) is 4.79 Å². The van der Waals surface area contributed by atoms with Gasteiger partial charge in [-0.15, -0.1) is 0 Å². The van der Waals surface area contributed by atoms with E-state index in [2.05, 4.69) is 42.8 Å². The summed E-state index contributed by atoms with van der Waals surface area (Å²) >= 11 is 2.22. The molecule has 0 radical (unpaired) electrons. The van der Waals surface area contributed by atoms with Gasteiger partial charge in [-0.2, -0.15) is 0 Å². The normalized spacial score (nSPS) is 14.1. The lowest BCUT2D eigenvalue weighted by Gasteiger charge is -2.15. The summed E-state index contributed by atoms with van der Waals surface area (Å²) in [6.45, 7) is 2.44. The van der Waals surface area contributed by atoms with E-state index in [1.807, 2.05) is 30.3 Å². The van der Waals surface area contributed by atoms with Crippen LogP contribution in [0, 0.1) is 3.57 Å². The smallest absolute Gasteiger partial charge is 0.251 e. The van der Waals surface area contributed by atoms with Gasteiger partial charge >= 0.3 is 0 Å². The molecule has 1 N–H and O–H groups in total. The van der Waals surface area contributed by atoms with Crippen LogP contribution >= 0.6 is 22.6 Å². The third-order valence-electron chi connectivity index (χ3n) is 3.63. The lowest BCUT2D eigenvalue weighted by Crippen LogP contribution is -2.25. The Labute approximate surface area is 143 Å². The van der Waals surface area contributed by atoms with Gasteiger partial charge in [0.15, 0.2) is 0 Å². The van der Waals surface area contributed by atoms with Crippen LogP contribution in [0.5, 0.6) is 0 Å². The van der Waals surface area contributed by atoms with Gasteiger partial charge in [-0.3, -0.25) is 4.79 Å². The summed E-state index contributed by atoms with van der Waals surface area (Å²) in [4.78, 5) is 23.1. The van der Waals surface area contributed by atoms with Gasteiger partial charge in [-0.25, -0.2) is 9.97 Å². The second-order valence-electron chi connectivity index (χ2n) is 5.23. The molecule has 0 spiro atoms. The highest BCUT2D eigenvalue weighted by Crippen LogP contribution is 2.15. The number of amides is 1. The number of rotatable bonds is 4. The molecule has 1 fully saturated rings. The highest BCUT2D eigenvalue weighted by atomic mass is 127.